The summed E-state index contributed by atoms with van der Waals surface area (Å²) in [5.41, 5.74) is 1.52. The molecule has 5 nitrogen and oxygen atoms in total. The van der Waals surface area contributed by atoms with Crippen LogP contribution in [-0.2, 0) is 9.53 Å². The Hall–Kier alpha value is -2.79. The standard InChI is InChI=1S/C19H16ClNO4/c1-3-24-17-11-12(8-9-16(17)23-2)10-15-19(22)25-18(21-15)13-6-4-5-7-14(13)20/h4-11H,3H2,1-2H3. The number of nitrogens with zero attached hydrogens (tertiary/aromatic N) is 1. The van der Waals surface area contributed by atoms with Crippen molar-refractivity contribution in [3.05, 3.63) is 64.3 Å². The van der Waals surface area contributed by atoms with Gasteiger partial charge in [0.2, 0.25) is 5.90 Å². The molecular weight excluding hydrogens is 342 g/mol. The lowest BCUT2D eigenvalue weighted by Crippen LogP contribution is -2.05. The highest BCUT2D eigenvalue weighted by molar-refractivity contribution is 6.34. The van der Waals surface area contributed by atoms with Crippen LogP contribution in [0.25, 0.3) is 6.08 Å². The minimum Gasteiger partial charge on any atom is -0.493 e. The summed E-state index contributed by atoms with van der Waals surface area (Å²) in [6.45, 7) is 2.40. The summed E-state index contributed by atoms with van der Waals surface area (Å²) in [4.78, 5) is 16.4. The van der Waals surface area contributed by atoms with Crippen molar-refractivity contribution in [3.8, 4) is 11.5 Å². The van der Waals surface area contributed by atoms with Crippen LogP contribution in [0.5, 0.6) is 11.5 Å². The molecule has 0 aromatic heterocycles. The van der Waals surface area contributed by atoms with Crippen LogP contribution in [0.15, 0.2) is 53.2 Å². The molecule has 2 aromatic carbocycles. The fraction of sp³-hybridized carbons (Fsp3) is 0.158. The molecule has 1 aliphatic heterocycles. The first-order chi connectivity index (χ1) is 12.1. The van der Waals surface area contributed by atoms with Crippen LogP contribution in [0.2, 0.25) is 5.02 Å². The fourth-order valence-corrected chi connectivity index (χ4v) is 2.58. The number of aliphatic imine (C=N–C) groups is 1. The third-order valence-corrected chi connectivity index (χ3v) is 3.85. The third kappa shape index (κ3) is 3.67. The summed E-state index contributed by atoms with van der Waals surface area (Å²) in [5.74, 6) is 0.892. The van der Waals surface area contributed by atoms with E-state index in [1.54, 1.807) is 49.6 Å². The lowest BCUT2D eigenvalue weighted by molar-refractivity contribution is -0.129. The first-order valence-electron chi connectivity index (χ1n) is 7.70. The zero-order valence-electron chi connectivity index (χ0n) is 13.8. The van der Waals surface area contributed by atoms with Crippen LogP contribution in [-0.4, -0.2) is 25.6 Å². The van der Waals surface area contributed by atoms with Gasteiger partial charge >= 0.3 is 5.97 Å². The Labute approximate surface area is 150 Å². The molecule has 6 heteroatoms. The molecule has 3 rings (SSSR count). The third-order valence-electron chi connectivity index (χ3n) is 3.52. The topological polar surface area (TPSA) is 57.1 Å². The van der Waals surface area contributed by atoms with Crippen molar-refractivity contribution in [2.24, 2.45) is 4.99 Å². The molecule has 0 amide bonds. The van der Waals surface area contributed by atoms with Crippen molar-refractivity contribution in [1.29, 1.82) is 0 Å². The maximum atomic E-state index is 12.1. The summed E-state index contributed by atoms with van der Waals surface area (Å²) in [6, 6.07) is 12.4. The maximum absolute atomic E-state index is 12.1. The maximum Gasteiger partial charge on any atom is 0.363 e. The Morgan fingerprint density at radius 1 is 1.20 bits per heavy atom. The van der Waals surface area contributed by atoms with Gasteiger partial charge in [-0.25, -0.2) is 9.79 Å². The number of methoxy groups -OCH3 is 1. The Morgan fingerprint density at radius 3 is 2.72 bits per heavy atom. The van der Waals surface area contributed by atoms with Gasteiger partial charge in [0.1, 0.15) is 0 Å². The number of rotatable bonds is 5. The summed E-state index contributed by atoms with van der Waals surface area (Å²) >= 11 is 6.13. The first-order valence-corrected chi connectivity index (χ1v) is 8.08. The zero-order valence-corrected chi connectivity index (χ0v) is 14.5. The van der Waals surface area contributed by atoms with Gasteiger partial charge in [-0.05, 0) is 42.8 Å². The van der Waals surface area contributed by atoms with Gasteiger partial charge in [-0.2, -0.15) is 0 Å². The molecule has 0 atom stereocenters. The lowest BCUT2D eigenvalue weighted by Gasteiger charge is -2.09. The van der Waals surface area contributed by atoms with Crippen LogP contribution in [0, 0.1) is 0 Å². The van der Waals surface area contributed by atoms with E-state index in [-0.39, 0.29) is 11.6 Å². The van der Waals surface area contributed by atoms with E-state index in [9.17, 15) is 4.79 Å². The predicted octanol–water partition coefficient (Wildman–Crippen LogP) is 4.09. The average Bonchev–Trinajstić information content (AvgIpc) is 2.96. The number of carbonyl (C=O) groups is 1. The van der Waals surface area contributed by atoms with Gasteiger partial charge in [-0.15, -0.1) is 0 Å². The van der Waals surface area contributed by atoms with E-state index in [2.05, 4.69) is 4.99 Å². The number of esters is 1. The van der Waals surface area contributed by atoms with Gasteiger partial charge in [0.05, 0.1) is 24.3 Å². The van der Waals surface area contributed by atoms with E-state index >= 15 is 0 Å². The van der Waals surface area contributed by atoms with Crippen LogP contribution in [0.3, 0.4) is 0 Å². The molecule has 25 heavy (non-hydrogen) atoms. The highest BCUT2D eigenvalue weighted by Crippen LogP contribution is 2.30. The van der Waals surface area contributed by atoms with Crippen LogP contribution >= 0.6 is 11.6 Å². The van der Waals surface area contributed by atoms with Crippen molar-refractivity contribution < 1.29 is 19.0 Å². The van der Waals surface area contributed by atoms with Gasteiger partial charge < -0.3 is 14.2 Å². The monoisotopic (exact) mass is 357 g/mol. The predicted molar refractivity (Wildman–Crippen MR) is 96.2 cm³/mol. The molecule has 0 saturated carbocycles. The molecule has 0 aliphatic carbocycles. The second kappa shape index (κ2) is 7.40. The van der Waals surface area contributed by atoms with E-state index in [0.717, 1.165) is 5.56 Å². The molecule has 0 fully saturated rings. The number of benzene rings is 2. The van der Waals surface area contributed by atoms with Gasteiger partial charge in [0.25, 0.3) is 0 Å². The Bertz CT molecular complexity index is 873. The number of ether oxygens (including phenoxy) is 3. The molecule has 0 radical (unpaired) electrons. The average molecular weight is 358 g/mol. The van der Waals surface area contributed by atoms with Crippen LogP contribution < -0.4 is 9.47 Å². The quantitative estimate of drug-likeness (QED) is 0.597. The molecule has 0 unspecified atom stereocenters. The van der Waals surface area contributed by atoms with Crippen molar-refractivity contribution in [3.63, 3.8) is 0 Å². The van der Waals surface area contributed by atoms with Gasteiger partial charge in [-0.3, -0.25) is 0 Å². The summed E-state index contributed by atoms with van der Waals surface area (Å²) < 4.78 is 16.0. The molecule has 2 aromatic rings. The minimum atomic E-state index is -0.524. The zero-order chi connectivity index (χ0) is 17.8. The Balaban J connectivity index is 1.94. The van der Waals surface area contributed by atoms with Crippen molar-refractivity contribution in [2.45, 2.75) is 6.92 Å². The largest absolute Gasteiger partial charge is 0.493 e. The highest BCUT2D eigenvalue weighted by Gasteiger charge is 2.25. The number of carbonyl (C=O) groups excluding carboxylic acids is 1. The van der Waals surface area contributed by atoms with Crippen LogP contribution in [0.1, 0.15) is 18.1 Å². The molecule has 0 N–H and O–H groups in total. The molecule has 128 valence electrons. The number of halogens is 1. The molecular formula is C19H16ClNO4. The molecule has 0 spiro atoms. The van der Waals surface area contributed by atoms with Gasteiger partial charge in [0.15, 0.2) is 17.2 Å². The Morgan fingerprint density at radius 2 is 2.00 bits per heavy atom. The molecule has 1 aliphatic rings. The lowest BCUT2D eigenvalue weighted by atomic mass is 10.1. The fourth-order valence-electron chi connectivity index (χ4n) is 2.37. The number of hydrogen-bond acceptors (Lipinski definition) is 5. The van der Waals surface area contributed by atoms with Crippen molar-refractivity contribution >= 4 is 29.5 Å². The number of cyclic esters (lactones) is 1. The van der Waals surface area contributed by atoms with Crippen molar-refractivity contribution in [1.82, 2.24) is 0 Å². The van der Waals surface area contributed by atoms with Gasteiger partial charge in [0, 0.05) is 0 Å². The number of hydrogen-bond donors (Lipinski definition) is 0. The summed E-state index contributed by atoms with van der Waals surface area (Å²) in [6.07, 6.45) is 1.63. The van der Waals surface area contributed by atoms with E-state index in [1.807, 2.05) is 13.0 Å². The van der Waals surface area contributed by atoms with E-state index < -0.39 is 5.97 Å². The smallest absolute Gasteiger partial charge is 0.363 e. The Kier molecular flexibility index (Phi) is 5.05. The molecule has 0 saturated heterocycles. The summed E-state index contributed by atoms with van der Waals surface area (Å²) in [7, 11) is 1.57. The van der Waals surface area contributed by atoms with Crippen LogP contribution in [0.4, 0.5) is 0 Å². The van der Waals surface area contributed by atoms with E-state index in [0.29, 0.717) is 28.7 Å². The van der Waals surface area contributed by atoms with Crippen molar-refractivity contribution in [2.75, 3.05) is 13.7 Å². The SMILES string of the molecule is CCOc1cc(C=C2N=C(c3ccccc3Cl)OC2=O)ccc1OC. The molecule has 1 heterocycles. The molecule has 0 bridgehead atoms. The second-order valence-corrected chi connectivity index (χ2v) is 5.57. The van der Waals surface area contributed by atoms with E-state index in [4.69, 9.17) is 25.8 Å². The first kappa shape index (κ1) is 17.0. The second-order valence-electron chi connectivity index (χ2n) is 5.16. The van der Waals surface area contributed by atoms with E-state index in [1.165, 1.54) is 0 Å². The van der Waals surface area contributed by atoms with Gasteiger partial charge in [-0.1, -0.05) is 29.8 Å². The highest BCUT2D eigenvalue weighted by atomic mass is 35.5. The normalized spacial score (nSPS) is 15.1. The summed E-state index contributed by atoms with van der Waals surface area (Å²) in [5, 5.41) is 0.471. The minimum absolute atomic E-state index is 0.195.